The van der Waals surface area contributed by atoms with Gasteiger partial charge in [0, 0.05) is 36.3 Å². The molecule has 6 nitrogen and oxygen atoms in total. The number of hydrogen-bond acceptors (Lipinski definition) is 4. The number of halogens is 1. The number of anilines is 1. The number of amides is 1. The normalized spacial score (nSPS) is 25.1. The van der Waals surface area contributed by atoms with Gasteiger partial charge in [-0.15, -0.1) is 0 Å². The Bertz CT molecular complexity index is 923. The molecule has 0 bridgehead atoms. The van der Waals surface area contributed by atoms with Gasteiger partial charge in [0.15, 0.2) is 0 Å². The summed E-state index contributed by atoms with van der Waals surface area (Å²) in [5, 5.41) is 2.70. The summed E-state index contributed by atoms with van der Waals surface area (Å²) < 4.78 is 15.9. The van der Waals surface area contributed by atoms with E-state index < -0.39 is 5.82 Å². The van der Waals surface area contributed by atoms with Crippen molar-refractivity contribution < 1.29 is 9.18 Å². The van der Waals surface area contributed by atoms with E-state index >= 15 is 0 Å². The van der Waals surface area contributed by atoms with Gasteiger partial charge in [0.1, 0.15) is 5.82 Å². The molecule has 2 aromatic rings. The van der Waals surface area contributed by atoms with Crippen molar-refractivity contribution in [1.82, 2.24) is 9.47 Å². The number of nitrogens with two attached hydrogens (primary N) is 1. The van der Waals surface area contributed by atoms with Gasteiger partial charge in [0.05, 0.1) is 11.4 Å². The molecule has 2 aliphatic rings. The first-order chi connectivity index (χ1) is 13.5. The molecule has 1 aliphatic heterocycles. The molecule has 0 radical (unpaired) electrons. The lowest BCUT2D eigenvalue weighted by Gasteiger charge is -2.26. The highest BCUT2D eigenvalue weighted by molar-refractivity contribution is 5.93. The van der Waals surface area contributed by atoms with Crippen LogP contribution in [0.5, 0.6) is 0 Å². The average Bonchev–Trinajstić information content (AvgIpc) is 3.33. The quantitative estimate of drug-likeness (QED) is 0.846. The highest BCUT2D eigenvalue weighted by Crippen LogP contribution is 2.32. The summed E-state index contributed by atoms with van der Waals surface area (Å²) in [6, 6.07) is 9.32. The van der Waals surface area contributed by atoms with Crippen LogP contribution in [0.2, 0.25) is 0 Å². The zero-order chi connectivity index (χ0) is 19.7. The Morgan fingerprint density at radius 3 is 2.64 bits per heavy atom. The van der Waals surface area contributed by atoms with E-state index in [1.54, 1.807) is 24.4 Å². The third-order valence-electron chi connectivity index (χ3n) is 5.87. The summed E-state index contributed by atoms with van der Waals surface area (Å²) in [5.74, 6) is -0.975. The molecule has 1 unspecified atom stereocenters. The maximum atomic E-state index is 14.6. The van der Waals surface area contributed by atoms with Gasteiger partial charge < -0.3 is 11.1 Å². The van der Waals surface area contributed by atoms with Crippen molar-refractivity contribution >= 4 is 11.6 Å². The van der Waals surface area contributed by atoms with Crippen molar-refractivity contribution in [3.8, 4) is 5.69 Å². The van der Waals surface area contributed by atoms with Gasteiger partial charge in [-0.3, -0.25) is 19.1 Å². The molecule has 1 saturated heterocycles. The Morgan fingerprint density at radius 2 is 1.93 bits per heavy atom. The largest absolute Gasteiger partial charge is 0.326 e. The molecule has 4 rings (SSSR count). The predicted molar refractivity (Wildman–Crippen MR) is 106 cm³/mol. The van der Waals surface area contributed by atoms with Gasteiger partial charge in [-0.2, -0.15) is 0 Å². The van der Waals surface area contributed by atoms with Crippen molar-refractivity contribution in [3.63, 3.8) is 0 Å². The minimum Gasteiger partial charge on any atom is -0.326 e. The first-order valence-electron chi connectivity index (χ1n) is 9.81. The minimum atomic E-state index is -0.569. The molecule has 1 aromatic heterocycles. The lowest BCUT2D eigenvalue weighted by molar-refractivity contribution is -0.119. The highest BCUT2D eigenvalue weighted by atomic mass is 19.1. The number of hydrogen-bond donors (Lipinski definition) is 2. The van der Waals surface area contributed by atoms with E-state index in [1.165, 1.54) is 35.6 Å². The van der Waals surface area contributed by atoms with Crippen LogP contribution >= 0.6 is 0 Å². The zero-order valence-corrected chi connectivity index (χ0v) is 15.7. The smallest absolute Gasteiger partial charge is 0.255 e. The van der Waals surface area contributed by atoms with Crippen LogP contribution in [-0.4, -0.2) is 40.5 Å². The number of aromatic nitrogens is 1. The van der Waals surface area contributed by atoms with E-state index in [-0.39, 0.29) is 35.2 Å². The fourth-order valence-electron chi connectivity index (χ4n) is 4.39. The summed E-state index contributed by atoms with van der Waals surface area (Å²) in [6.07, 6.45) is 5.27. The van der Waals surface area contributed by atoms with Gasteiger partial charge in [-0.05, 0) is 57.0 Å². The Balaban J connectivity index is 1.45. The number of likely N-dealkylation sites (tertiary alicyclic amines) is 1. The lowest BCUT2D eigenvalue weighted by atomic mass is 10.1. The molecule has 148 valence electrons. The van der Waals surface area contributed by atoms with Gasteiger partial charge in [-0.25, -0.2) is 4.39 Å². The van der Waals surface area contributed by atoms with Crippen molar-refractivity contribution in [1.29, 1.82) is 0 Å². The third kappa shape index (κ3) is 3.72. The van der Waals surface area contributed by atoms with E-state index in [4.69, 9.17) is 5.73 Å². The van der Waals surface area contributed by atoms with Crippen LogP contribution in [0.1, 0.15) is 25.7 Å². The standard InChI is InChI=1S/C21H25FN4O2/c22-16-13-15(26-10-2-1-5-20(26)27)6-7-18(16)24-21(28)14-11-17(23)19(12-14)25-8-3-4-9-25/h1-2,5-7,10,13-14,17,19H,3-4,8-9,11-12,23H2,(H,24,28)/t14-,17+,19?/m1/s1. The van der Waals surface area contributed by atoms with Crippen molar-refractivity contribution in [3.05, 3.63) is 58.8 Å². The van der Waals surface area contributed by atoms with Crippen molar-refractivity contribution in [2.45, 2.75) is 37.8 Å². The molecule has 1 aromatic carbocycles. The van der Waals surface area contributed by atoms with E-state index in [0.717, 1.165) is 13.1 Å². The summed E-state index contributed by atoms with van der Waals surface area (Å²) >= 11 is 0. The van der Waals surface area contributed by atoms with Crippen LogP contribution in [0.3, 0.4) is 0 Å². The predicted octanol–water partition coefficient (Wildman–Crippen LogP) is 2.12. The zero-order valence-electron chi connectivity index (χ0n) is 15.7. The maximum Gasteiger partial charge on any atom is 0.255 e. The topological polar surface area (TPSA) is 80.4 Å². The minimum absolute atomic E-state index is 0.0222. The lowest BCUT2D eigenvalue weighted by Crippen LogP contribution is -2.42. The molecule has 2 heterocycles. The second-order valence-corrected chi connectivity index (χ2v) is 7.70. The van der Waals surface area contributed by atoms with Gasteiger partial charge in [0.25, 0.3) is 5.56 Å². The van der Waals surface area contributed by atoms with E-state index in [0.29, 0.717) is 18.5 Å². The fourth-order valence-corrected chi connectivity index (χ4v) is 4.39. The number of pyridine rings is 1. The summed E-state index contributed by atoms with van der Waals surface area (Å²) in [5.41, 5.74) is 6.57. The number of rotatable bonds is 4. The number of carbonyl (C=O) groups excluding carboxylic acids is 1. The second kappa shape index (κ2) is 7.85. The van der Waals surface area contributed by atoms with Crippen molar-refractivity contribution in [2.24, 2.45) is 11.7 Å². The molecule has 3 atom stereocenters. The Morgan fingerprint density at radius 1 is 1.14 bits per heavy atom. The molecule has 3 N–H and O–H groups in total. The van der Waals surface area contributed by atoms with Crippen LogP contribution in [0.4, 0.5) is 10.1 Å². The Hall–Kier alpha value is -2.51. The number of nitrogens with one attached hydrogen (secondary N) is 1. The van der Waals surface area contributed by atoms with E-state index in [9.17, 15) is 14.0 Å². The molecule has 28 heavy (non-hydrogen) atoms. The van der Waals surface area contributed by atoms with Crippen LogP contribution < -0.4 is 16.6 Å². The highest BCUT2D eigenvalue weighted by Gasteiger charge is 2.39. The van der Waals surface area contributed by atoms with Gasteiger partial charge >= 0.3 is 0 Å². The molecule has 0 spiro atoms. The average molecular weight is 384 g/mol. The maximum absolute atomic E-state index is 14.6. The van der Waals surface area contributed by atoms with Crippen LogP contribution in [0.25, 0.3) is 5.69 Å². The first-order valence-corrected chi connectivity index (χ1v) is 9.81. The van der Waals surface area contributed by atoms with Crippen LogP contribution in [-0.2, 0) is 4.79 Å². The number of carbonyl (C=O) groups is 1. The van der Waals surface area contributed by atoms with Gasteiger partial charge in [0.2, 0.25) is 5.91 Å². The monoisotopic (exact) mass is 384 g/mol. The fraction of sp³-hybridized carbons (Fsp3) is 0.429. The second-order valence-electron chi connectivity index (χ2n) is 7.70. The number of benzene rings is 1. The Kier molecular flexibility index (Phi) is 5.28. The molecule has 1 aliphatic carbocycles. The van der Waals surface area contributed by atoms with Gasteiger partial charge in [-0.1, -0.05) is 6.07 Å². The van der Waals surface area contributed by atoms with Crippen LogP contribution in [0.15, 0.2) is 47.4 Å². The van der Waals surface area contributed by atoms with Crippen molar-refractivity contribution in [2.75, 3.05) is 18.4 Å². The first kappa shape index (κ1) is 18.8. The number of nitrogens with zero attached hydrogens (tertiary/aromatic N) is 2. The summed E-state index contributed by atoms with van der Waals surface area (Å²) in [6.45, 7) is 2.09. The molecule has 7 heteroatoms. The molecular formula is C21H25FN4O2. The Labute approximate surface area is 163 Å². The molecular weight excluding hydrogens is 359 g/mol. The third-order valence-corrected chi connectivity index (χ3v) is 5.87. The van der Waals surface area contributed by atoms with E-state index in [1.807, 2.05) is 0 Å². The summed E-state index contributed by atoms with van der Waals surface area (Å²) in [4.78, 5) is 26.9. The SMILES string of the molecule is N[C@H]1C[C@@H](C(=O)Nc2ccc(-n3ccccc3=O)cc2F)CC1N1CCCC1. The molecule has 2 fully saturated rings. The summed E-state index contributed by atoms with van der Waals surface area (Å²) in [7, 11) is 0. The molecule has 1 saturated carbocycles. The van der Waals surface area contributed by atoms with E-state index in [2.05, 4.69) is 10.2 Å². The molecule has 1 amide bonds. The van der Waals surface area contributed by atoms with Crippen LogP contribution in [0, 0.1) is 11.7 Å².